The first-order valence-corrected chi connectivity index (χ1v) is 2.17. The van der Waals surface area contributed by atoms with Crippen LogP contribution in [-0.2, 0) is 0 Å². The van der Waals surface area contributed by atoms with Gasteiger partial charge in [0.1, 0.15) is 0 Å². The fourth-order valence-electron chi connectivity index (χ4n) is 0.238. The minimum atomic E-state index is -5.29. The number of hydrogen-bond donors (Lipinski definition) is 1. The topological polar surface area (TPSA) is 27.1 Å². The first kappa shape index (κ1) is 10.2. The Bertz CT molecular complexity index is 156. The lowest BCUT2D eigenvalue weighted by molar-refractivity contribution is -0.344. The zero-order valence-electron chi connectivity index (χ0n) is 4.79. The van der Waals surface area contributed by atoms with Crippen LogP contribution in [0.2, 0.25) is 0 Å². The molecule has 2 nitrogen and oxygen atoms in total. The molecule has 0 aliphatic carbocycles. The molecule has 0 heterocycles. The maximum atomic E-state index is 11.7. The summed E-state index contributed by atoms with van der Waals surface area (Å²) in [7, 11) is 0. The summed E-state index contributed by atoms with van der Waals surface area (Å²) in [6, 6.07) is -5.29. The molecule has 0 aromatic heterocycles. The van der Waals surface area contributed by atoms with E-state index >= 15 is 0 Å². The average molecular weight is 180 g/mol. The molecule has 0 amide bonds. The van der Waals surface area contributed by atoms with Crippen LogP contribution < -0.4 is 0 Å². The SMILES string of the molecule is N=C(F)C(F)C(F)(F)N(F)F. The highest BCUT2D eigenvalue weighted by Crippen LogP contribution is 2.28. The van der Waals surface area contributed by atoms with E-state index in [1.165, 1.54) is 0 Å². The van der Waals surface area contributed by atoms with Gasteiger partial charge in [-0.1, -0.05) is 8.96 Å². The smallest absolute Gasteiger partial charge is 0.275 e. The lowest BCUT2D eigenvalue weighted by atomic mass is 10.3. The van der Waals surface area contributed by atoms with Gasteiger partial charge in [0.05, 0.1) is 5.34 Å². The van der Waals surface area contributed by atoms with E-state index in [9.17, 15) is 26.5 Å². The molecule has 1 N–H and O–H groups in total. The van der Waals surface area contributed by atoms with Gasteiger partial charge in [-0.2, -0.15) is 13.2 Å². The van der Waals surface area contributed by atoms with Crippen LogP contribution in [0.4, 0.5) is 26.5 Å². The van der Waals surface area contributed by atoms with Gasteiger partial charge in [0, 0.05) is 0 Å². The molecule has 0 saturated carbocycles. The fraction of sp³-hybridized carbons (Fsp3) is 0.667. The Balaban J connectivity index is 4.41. The van der Waals surface area contributed by atoms with Crippen molar-refractivity contribution < 1.29 is 26.5 Å². The summed E-state index contributed by atoms with van der Waals surface area (Å²) in [5.74, 6) is -2.64. The van der Waals surface area contributed by atoms with Crippen LogP contribution in [0.25, 0.3) is 0 Å². The zero-order valence-corrected chi connectivity index (χ0v) is 4.79. The predicted molar refractivity (Wildman–Crippen MR) is 22.7 cm³/mol. The van der Waals surface area contributed by atoms with Crippen molar-refractivity contribution in [3.05, 3.63) is 0 Å². The van der Waals surface area contributed by atoms with E-state index < -0.39 is 23.5 Å². The summed E-state index contributed by atoms with van der Waals surface area (Å²) >= 11 is 0. The van der Waals surface area contributed by atoms with Gasteiger partial charge in [-0.05, 0) is 0 Å². The van der Waals surface area contributed by atoms with Crippen LogP contribution in [0.3, 0.4) is 0 Å². The number of hydrogen-bond acceptors (Lipinski definition) is 2. The van der Waals surface area contributed by atoms with Crippen LogP contribution in [-0.4, -0.2) is 23.5 Å². The molecule has 0 radical (unpaired) electrons. The maximum absolute atomic E-state index is 11.7. The van der Waals surface area contributed by atoms with Crippen molar-refractivity contribution in [2.75, 3.05) is 0 Å². The highest BCUT2D eigenvalue weighted by atomic mass is 19.4. The van der Waals surface area contributed by atoms with Crippen LogP contribution in [0.1, 0.15) is 0 Å². The Morgan fingerprint density at radius 1 is 1.36 bits per heavy atom. The molecular weight excluding hydrogens is 178 g/mol. The molecular formula is C3H2F6N2. The van der Waals surface area contributed by atoms with Gasteiger partial charge in [0.2, 0.25) is 5.97 Å². The van der Waals surface area contributed by atoms with Crippen LogP contribution in [0.15, 0.2) is 0 Å². The van der Waals surface area contributed by atoms with Gasteiger partial charge in [0.15, 0.2) is 0 Å². The molecule has 0 bridgehead atoms. The number of halogens is 6. The second kappa shape index (κ2) is 3.07. The number of rotatable bonds is 3. The summed E-state index contributed by atoms with van der Waals surface area (Å²) in [5, 5.41) is 2.88. The normalized spacial score (nSPS) is 15.2. The van der Waals surface area contributed by atoms with E-state index in [2.05, 4.69) is 0 Å². The summed E-state index contributed by atoms with van der Waals surface area (Å²) < 4.78 is 68.2. The van der Waals surface area contributed by atoms with E-state index in [4.69, 9.17) is 5.41 Å². The third kappa shape index (κ3) is 2.07. The predicted octanol–water partition coefficient (Wildman–Crippen LogP) is 1.94. The Kier molecular flexibility index (Phi) is 2.85. The molecule has 0 saturated heterocycles. The van der Waals surface area contributed by atoms with Crippen molar-refractivity contribution in [1.29, 1.82) is 5.41 Å². The Morgan fingerprint density at radius 2 is 1.73 bits per heavy atom. The molecule has 0 aliphatic rings. The standard InChI is InChI=1S/C3H2F6N2/c4-1(2(5)10)3(6,7)11(8)9/h1,10H. The van der Waals surface area contributed by atoms with Gasteiger partial charge < -0.3 is 0 Å². The van der Waals surface area contributed by atoms with Crippen LogP contribution in [0, 0.1) is 5.41 Å². The lowest BCUT2D eigenvalue weighted by Gasteiger charge is -2.16. The highest BCUT2D eigenvalue weighted by Gasteiger charge is 2.51. The quantitative estimate of drug-likeness (QED) is 0.305. The van der Waals surface area contributed by atoms with Crippen molar-refractivity contribution in [2.45, 2.75) is 12.2 Å². The number of nitrogens with zero attached hydrogens (tertiary/aromatic N) is 1. The van der Waals surface area contributed by atoms with Crippen molar-refractivity contribution in [3.8, 4) is 0 Å². The summed E-state index contributed by atoms with van der Waals surface area (Å²) in [6.45, 7) is 0. The Labute approximate surface area is 56.8 Å². The van der Waals surface area contributed by atoms with Crippen LogP contribution in [0.5, 0.6) is 0 Å². The second-order valence-corrected chi connectivity index (χ2v) is 1.53. The van der Waals surface area contributed by atoms with Gasteiger partial charge in [0.25, 0.3) is 6.17 Å². The molecule has 11 heavy (non-hydrogen) atoms. The zero-order chi connectivity index (χ0) is 9.23. The number of alkyl halides is 3. The summed E-state index contributed by atoms with van der Waals surface area (Å²) in [4.78, 5) is 0. The minimum absolute atomic E-state index is 2.64. The Morgan fingerprint density at radius 3 is 1.82 bits per heavy atom. The second-order valence-electron chi connectivity index (χ2n) is 1.53. The molecule has 1 atom stereocenters. The molecule has 0 aromatic rings. The molecule has 1 unspecified atom stereocenters. The average Bonchev–Trinajstić information content (AvgIpc) is 1.85. The number of nitrogens with one attached hydrogen (secondary N) is 1. The van der Waals surface area contributed by atoms with E-state index in [0.29, 0.717) is 0 Å². The third-order valence-corrected chi connectivity index (χ3v) is 0.753. The van der Waals surface area contributed by atoms with Gasteiger partial charge in [-0.25, -0.2) is 4.39 Å². The fourth-order valence-corrected chi connectivity index (χ4v) is 0.238. The van der Waals surface area contributed by atoms with E-state index in [-0.39, 0.29) is 0 Å². The molecule has 0 rings (SSSR count). The maximum Gasteiger partial charge on any atom is 0.396 e. The third-order valence-electron chi connectivity index (χ3n) is 0.753. The lowest BCUT2D eigenvalue weighted by Crippen LogP contribution is -2.42. The molecule has 0 spiro atoms. The molecule has 0 aliphatic heterocycles. The van der Waals surface area contributed by atoms with Crippen molar-refractivity contribution in [3.63, 3.8) is 0 Å². The molecule has 66 valence electrons. The molecule has 8 heteroatoms. The van der Waals surface area contributed by atoms with Crippen LogP contribution >= 0.6 is 0 Å². The monoisotopic (exact) mass is 180 g/mol. The first-order valence-electron chi connectivity index (χ1n) is 2.17. The van der Waals surface area contributed by atoms with E-state index in [1.807, 2.05) is 0 Å². The first-order chi connectivity index (χ1) is 4.80. The van der Waals surface area contributed by atoms with Gasteiger partial charge in [-0.3, -0.25) is 5.41 Å². The summed E-state index contributed by atoms with van der Waals surface area (Å²) in [6.07, 6.45) is -3.93. The van der Waals surface area contributed by atoms with E-state index in [0.717, 1.165) is 0 Å². The van der Waals surface area contributed by atoms with Crippen molar-refractivity contribution in [1.82, 2.24) is 5.34 Å². The summed E-state index contributed by atoms with van der Waals surface area (Å²) in [5.41, 5.74) is 0. The molecule has 0 aromatic carbocycles. The highest BCUT2D eigenvalue weighted by molar-refractivity contribution is 5.77. The minimum Gasteiger partial charge on any atom is -0.275 e. The largest absolute Gasteiger partial charge is 0.396 e. The van der Waals surface area contributed by atoms with Crippen molar-refractivity contribution in [2.24, 2.45) is 0 Å². The molecule has 0 fully saturated rings. The van der Waals surface area contributed by atoms with E-state index in [1.54, 1.807) is 0 Å². The van der Waals surface area contributed by atoms with Gasteiger partial charge in [-0.15, -0.1) is 0 Å². The Hall–Kier alpha value is -0.790. The van der Waals surface area contributed by atoms with Crippen molar-refractivity contribution >= 4 is 5.97 Å². The van der Waals surface area contributed by atoms with Gasteiger partial charge >= 0.3 is 6.05 Å².